The van der Waals surface area contributed by atoms with Gasteiger partial charge >= 0.3 is 0 Å². The average molecular weight is 366 g/mol. The number of halogens is 3. The third kappa shape index (κ3) is 4.74. The summed E-state index contributed by atoms with van der Waals surface area (Å²) in [4.78, 5) is 24.0. The van der Waals surface area contributed by atoms with Crippen molar-refractivity contribution in [1.82, 2.24) is 5.32 Å². The first kappa shape index (κ1) is 17.3. The summed E-state index contributed by atoms with van der Waals surface area (Å²) in [6, 6.07) is 6.50. The Kier molecular flexibility index (Phi) is 5.92. The standard InChI is InChI=1S/C14H15Cl3N2O3/c15-14(16,17)13(21)19-11-6-2-1-5-10(11)12(20)18-8-9-4-3-7-22-9/h1-2,5-6,9H,3-4,7-8H2,(H,18,20)(H,19,21)/t9-/m1/s1. The predicted octanol–water partition coefficient (Wildman–Crippen LogP) is 2.90. The Bertz CT molecular complexity index is 555. The van der Waals surface area contributed by atoms with Crippen LogP contribution in [0.5, 0.6) is 0 Å². The molecule has 2 amide bonds. The third-order valence-electron chi connectivity index (χ3n) is 3.19. The van der Waals surface area contributed by atoms with Crippen LogP contribution in [0.2, 0.25) is 0 Å². The molecule has 1 aromatic rings. The van der Waals surface area contributed by atoms with E-state index < -0.39 is 9.70 Å². The van der Waals surface area contributed by atoms with Gasteiger partial charge in [-0.2, -0.15) is 0 Å². The smallest absolute Gasteiger partial charge is 0.276 e. The SMILES string of the molecule is O=C(NC[C@H]1CCCO1)c1ccccc1NC(=O)C(Cl)(Cl)Cl. The summed E-state index contributed by atoms with van der Waals surface area (Å²) in [5.41, 5.74) is 0.576. The molecule has 1 aliphatic heterocycles. The number of hydrogen-bond acceptors (Lipinski definition) is 3. The second-order valence-electron chi connectivity index (χ2n) is 4.84. The molecule has 0 unspecified atom stereocenters. The Morgan fingerprint density at radius 3 is 2.64 bits per heavy atom. The van der Waals surface area contributed by atoms with Crippen molar-refractivity contribution in [1.29, 1.82) is 0 Å². The van der Waals surface area contributed by atoms with E-state index in [0.717, 1.165) is 19.4 Å². The first-order valence-electron chi connectivity index (χ1n) is 6.75. The Labute approximate surface area is 143 Å². The van der Waals surface area contributed by atoms with E-state index >= 15 is 0 Å². The zero-order chi connectivity index (χ0) is 16.2. The molecular weight excluding hydrogens is 351 g/mol. The number of benzene rings is 1. The summed E-state index contributed by atoms with van der Waals surface area (Å²) in [6.07, 6.45) is 1.95. The summed E-state index contributed by atoms with van der Waals surface area (Å²) in [5, 5.41) is 5.21. The van der Waals surface area contributed by atoms with Crippen molar-refractivity contribution < 1.29 is 14.3 Å². The van der Waals surface area contributed by atoms with Gasteiger partial charge in [-0.05, 0) is 25.0 Å². The topological polar surface area (TPSA) is 67.4 Å². The highest BCUT2D eigenvalue weighted by molar-refractivity contribution is 6.76. The molecule has 0 aromatic heterocycles. The molecule has 1 saturated heterocycles. The van der Waals surface area contributed by atoms with Gasteiger partial charge < -0.3 is 15.4 Å². The number of carbonyl (C=O) groups excluding carboxylic acids is 2. The maximum absolute atomic E-state index is 12.2. The van der Waals surface area contributed by atoms with Crippen LogP contribution in [0.25, 0.3) is 0 Å². The van der Waals surface area contributed by atoms with Crippen molar-refractivity contribution in [2.75, 3.05) is 18.5 Å². The molecule has 2 rings (SSSR count). The van der Waals surface area contributed by atoms with Crippen molar-refractivity contribution in [3.8, 4) is 0 Å². The molecule has 2 N–H and O–H groups in total. The van der Waals surface area contributed by atoms with Crippen LogP contribution in [0.3, 0.4) is 0 Å². The van der Waals surface area contributed by atoms with Crippen molar-refractivity contribution in [2.24, 2.45) is 0 Å². The molecule has 1 heterocycles. The zero-order valence-corrected chi connectivity index (χ0v) is 13.8. The number of rotatable bonds is 4. The van der Waals surface area contributed by atoms with E-state index in [2.05, 4.69) is 10.6 Å². The lowest BCUT2D eigenvalue weighted by Gasteiger charge is -2.15. The van der Waals surface area contributed by atoms with E-state index in [1.807, 2.05) is 0 Å². The average Bonchev–Trinajstić information content (AvgIpc) is 2.97. The fourth-order valence-electron chi connectivity index (χ4n) is 2.09. The molecule has 1 aromatic carbocycles. The molecule has 1 atom stereocenters. The molecule has 1 aliphatic rings. The lowest BCUT2D eigenvalue weighted by molar-refractivity contribution is -0.115. The Morgan fingerprint density at radius 1 is 1.27 bits per heavy atom. The first-order valence-corrected chi connectivity index (χ1v) is 7.88. The van der Waals surface area contributed by atoms with Gasteiger partial charge in [0.05, 0.1) is 17.4 Å². The lowest BCUT2D eigenvalue weighted by atomic mass is 10.1. The van der Waals surface area contributed by atoms with Crippen molar-refractivity contribution in [3.63, 3.8) is 0 Å². The minimum Gasteiger partial charge on any atom is -0.376 e. The van der Waals surface area contributed by atoms with Gasteiger partial charge in [0.1, 0.15) is 0 Å². The minimum absolute atomic E-state index is 0.0341. The molecule has 1 fully saturated rings. The second kappa shape index (κ2) is 7.51. The molecule has 0 saturated carbocycles. The van der Waals surface area contributed by atoms with E-state index in [1.54, 1.807) is 24.3 Å². The summed E-state index contributed by atoms with van der Waals surface area (Å²) < 4.78 is 3.35. The van der Waals surface area contributed by atoms with Crippen LogP contribution in [0, 0.1) is 0 Å². The van der Waals surface area contributed by atoms with Crippen molar-refractivity contribution >= 4 is 52.3 Å². The molecular formula is C14H15Cl3N2O3. The van der Waals surface area contributed by atoms with Gasteiger partial charge in [0.25, 0.3) is 15.6 Å². The summed E-state index contributed by atoms with van der Waals surface area (Å²) in [7, 11) is 0. The van der Waals surface area contributed by atoms with Gasteiger partial charge in [-0.15, -0.1) is 0 Å². The summed E-state index contributed by atoms with van der Waals surface area (Å²) >= 11 is 16.5. The van der Waals surface area contributed by atoms with Crippen LogP contribution in [0.15, 0.2) is 24.3 Å². The Balaban J connectivity index is 2.03. The second-order valence-corrected chi connectivity index (χ2v) is 7.12. The van der Waals surface area contributed by atoms with Crippen LogP contribution in [-0.4, -0.2) is 34.9 Å². The third-order valence-corrected chi connectivity index (χ3v) is 3.71. The highest BCUT2D eigenvalue weighted by Crippen LogP contribution is 2.28. The summed E-state index contributed by atoms with van der Waals surface area (Å²) in [6.45, 7) is 1.14. The molecule has 0 spiro atoms. The van der Waals surface area contributed by atoms with E-state index in [1.165, 1.54) is 0 Å². The molecule has 22 heavy (non-hydrogen) atoms. The molecule has 0 bridgehead atoms. The van der Waals surface area contributed by atoms with Crippen LogP contribution in [0.4, 0.5) is 5.69 Å². The molecule has 0 aliphatic carbocycles. The lowest BCUT2D eigenvalue weighted by Crippen LogP contribution is -2.33. The fraction of sp³-hybridized carbons (Fsp3) is 0.429. The van der Waals surface area contributed by atoms with Gasteiger partial charge in [0, 0.05) is 13.2 Å². The Hall–Kier alpha value is -1.01. The highest BCUT2D eigenvalue weighted by Gasteiger charge is 2.31. The number of nitrogens with one attached hydrogen (secondary N) is 2. The number of para-hydroxylation sites is 1. The van der Waals surface area contributed by atoms with Gasteiger partial charge in [-0.3, -0.25) is 9.59 Å². The van der Waals surface area contributed by atoms with Gasteiger partial charge in [0.2, 0.25) is 0 Å². The van der Waals surface area contributed by atoms with Crippen LogP contribution < -0.4 is 10.6 Å². The van der Waals surface area contributed by atoms with E-state index in [0.29, 0.717) is 12.1 Å². The van der Waals surface area contributed by atoms with E-state index in [9.17, 15) is 9.59 Å². The monoisotopic (exact) mass is 364 g/mol. The van der Waals surface area contributed by atoms with Gasteiger partial charge in [-0.1, -0.05) is 46.9 Å². The maximum Gasteiger partial charge on any atom is 0.276 e. The largest absolute Gasteiger partial charge is 0.376 e. The number of carbonyl (C=O) groups is 2. The number of anilines is 1. The number of ether oxygens (including phenoxy) is 1. The molecule has 8 heteroatoms. The van der Waals surface area contributed by atoms with Crippen LogP contribution in [-0.2, 0) is 9.53 Å². The normalized spacial score (nSPS) is 18.0. The number of hydrogen-bond donors (Lipinski definition) is 2. The van der Waals surface area contributed by atoms with Crippen LogP contribution >= 0.6 is 34.8 Å². The zero-order valence-electron chi connectivity index (χ0n) is 11.6. The van der Waals surface area contributed by atoms with E-state index in [4.69, 9.17) is 39.5 Å². The van der Waals surface area contributed by atoms with Gasteiger partial charge in [-0.25, -0.2) is 0 Å². The van der Waals surface area contributed by atoms with E-state index in [-0.39, 0.29) is 17.7 Å². The first-order chi connectivity index (χ1) is 10.4. The van der Waals surface area contributed by atoms with Crippen molar-refractivity contribution in [3.05, 3.63) is 29.8 Å². The summed E-state index contributed by atoms with van der Waals surface area (Å²) in [5.74, 6) is -1.15. The quantitative estimate of drug-likeness (QED) is 0.806. The van der Waals surface area contributed by atoms with Crippen LogP contribution in [0.1, 0.15) is 23.2 Å². The molecule has 0 radical (unpaired) electrons. The minimum atomic E-state index is -2.10. The molecule has 5 nitrogen and oxygen atoms in total. The maximum atomic E-state index is 12.2. The number of alkyl halides is 3. The highest BCUT2D eigenvalue weighted by atomic mass is 35.6. The predicted molar refractivity (Wildman–Crippen MR) is 86.7 cm³/mol. The van der Waals surface area contributed by atoms with Crippen molar-refractivity contribution in [2.45, 2.75) is 22.7 Å². The van der Waals surface area contributed by atoms with Gasteiger partial charge in [0.15, 0.2) is 0 Å². The number of amides is 2. The Morgan fingerprint density at radius 2 is 2.00 bits per heavy atom. The fourth-order valence-corrected chi connectivity index (χ4v) is 2.23. The molecule has 120 valence electrons.